The Morgan fingerprint density at radius 3 is 2.61 bits per heavy atom. The first kappa shape index (κ1) is 14.2. The van der Waals surface area contributed by atoms with E-state index in [4.69, 9.17) is 0 Å². The van der Waals surface area contributed by atoms with Gasteiger partial charge in [-0.1, -0.05) is 18.2 Å². The lowest BCUT2D eigenvalue weighted by atomic mass is 10.1. The number of carbonyl (C=O) groups is 1. The topological polar surface area (TPSA) is 73.0 Å². The fourth-order valence-electron chi connectivity index (χ4n) is 3.16. The molecule has 1 aliphatic carbocycles. The van der Waals surface area contributed by atoms with Crippen molar-refractivity contribution in [3.63, 3.8) is 0 Å². The predicted octanol–water partition coefficient (Wildman–Crippen LogP) is 1.00. The van der Waals surface area contributed by atoms with Crippen LogP contribution in [0.5, 0.6) is 0 Å². The summed E-state index contributed by atoms with van der Waals surface area (Å²) < 4.78 is 2.74. The zero-order valence-electron chi connectivity index (χ0n) is 12.8. The zero-order chi connectivity index (χ0) is 15.8. The van der Waals surface area contributed by atoms with Gasteiger partial charge in [0.15, 0.2) is 0 Å². The summed E-state index contributed by atoms with van der Waals surface area (Å²) in [6, 6.07) is 9.17. The van der Waals surface area contributed by atoms with Gasteiger partial charge in [0.05, 0.1) is 11.7 Å². The van der Waals surface area contributed by atoms with Gasteiger partial charge in [-0.25, -0.2) is 4.79 Å². The second-order valence-corrected chi connectivity index (χ2v) is 6.31. The van der Waals surface area contributed by atoms with Crippen LogP contribution in [0.2, 0.25) is 0 Å². The molecule has 0 bridgehead atoms. The number of nitrogens with zero attached hydrogens (tertiary/aromatic N) is 5. The Kier molecular flexibility index (Phi) is 3.48. The molecular weight excluding hydrogens is 294 g/mol. The van der Waals surface area contributed by atoms with E-state index < -0.39 is 0 Å². The molecule has 1 aromatic carbocycles. The second kappa shape index (κ2) is 5.64. The van der Waals surface area contributed by atoms with Crippen LogP contribution in [0.3, 0.4) is 0 Å². The van der Waals surface area contributed by atoms with Crippen molar-refractivity contribution >= 4 is 5.91 Å². The molecule has 7 heteroatoms. The summed E-state index contributed by atoms with van der Waals surface area (Å²) in [6.45, 7) is 1.34. The summed E-state index contributed by atoms with van der Waals surface area (Å²) in [6.07, 6.45) is 3.75. The number of tetrazole rings is 1. The van der Waals surface area contributed by atoms with Gasteiger partial charge in [-0.05, 0) is 48.2 Å². The largest absolute Gasteiger partial charge is 0.368 e. The van der Waals surface area contributed by atoms with E-state index in [-0.39, 0.29) is 23.6 Å². The van der Waals surface area contributed by atoms with E-state index >= 15 is 0 Å². The number of benzene rings is 1. The molecule has 120 valence electrons. The van der Waals surface area contributed by atoms with Crippen LogP contribution in [0.4, 0.5) is 0 Å². The molecule has 0 radical (unpaired) electrons. The van der Waals surface area contributed by atoms with Gasteiger partial charge in [-0.15, -0.1) is 0 Å². The molecule has 0 N–H and O–H groups in total. The highest BCUT2D eigenvalue weighted by molar-refractivity contribution is 5.81. The van der Waals surface area contributed by atoms with E-state index in [2.05, 4.69) is 10.4 Å². The van der Waals surface area contributed by atoms with Gasteiger partial charge in [0.2, 0.25) is 5.91 Å². The van der Waals surface area contributed by atoms with Gasteiger partial charge in [0.1, 0.15) is 0 Å². The number of aromatic nitrogens is 4. The van der Waals surface area contributed by atoms with Gasteiger partial charge in [0, 0.05) is 19.0 Å². The second-order valence-electron chi connectivity index (χ2n) is 6.31. The van der Waals surface area contributed by atoms with E-state index in [1.807, 2.05) is 35.2 Å². The number of hydrogen-bond acceptors (Lipinski definition) is 4. The van der Waals surface area contributed by atoms with Crippen molar-refractivity contribution in [1.82, 2.24) is 24.7 Å². The Labute approximate surface area is 133 Å². The van der Waals surface area contributed by atoms with E-state index in [1.165, 1.54) is 9.36 Å². The summed E-state index contributed by atoms with van der Waals surface area (Å²) in [5.41, 5.74) is 0.451. The van der Waals surface area contributed by atoms with Crippen molar-refractivity contribution in [2.24, 2.45) is 5.92 Å². The summed E-state index contributed by atoms with van der Waals surface area (Å²) in [7, 11) is 0. The fourth-order valence-corrected chi connectivity index (χ4v) is 3.16. The number of rotatable bonds is 3. The molecule has 4 rings (SSSR count). The first-order chi connectivity index (χ1) is 11.2. The van der Waals surface area contributed by atoms with Crippen LogP contribution in [-0.4, -0.2) is 43.7 Å². The molecule has 0 spiro atoms. The lowest BCUT2D eigenvalue weighted by Gasteiger charge is -2.32. The molecule has 1 saturated carbocycles. The minimum atomic E-state index is -0.248. The normalized spacial score (nSPS) is 21.4. The zero-order valence-corrected chi connectivity index (χ0v) is 12.8. The quantitative estimate of drug-likeness (QED) is 0.847. The highest BCUT2D eigenvalue weighted by Crippen LogP contribution is 2.32. The van der Waals surface area contributed by atoms with E-state index in [0.29, 0.717) is 12.2 Å². The maximum Gasteiger partial charge on any atom is 0.368 e. The molecule has 2 heterocycles. The van der Waals surface area contributed by atoms with Crippen molar-refractivity contribution < 1.29 is 4.79 Å². The summed E-state index contributed by atoms with van der Waals surface area (Å²) >= 11 is 0. The highest BCUT2D eigenvalue weighted by Gasteiger charge is 2.36. The minimum absolute atomic E-state index is 0.0867. The smallest absolute Gasteiger partial charge is 0.340 e. The van der Waals surface area contributed by atoms with Gasteiger partial charge in [0.25, 0.3) is 0 Å². The maximum absolute atomic E-state index is 12.6. The van der Waals surface area contributed by atoms with Gasteiger partial charge in [-0.2, -0.15) is 9.36 Å². The highest BCUT2D eigenvalue weighted by atomic mass is 16.2. The van der Waals surface area contributed by atoms with Crippen LogP contribution in [0.15, 0.2) is 35.1 Å². The van der Waals surface area contributed by atoms with Crippen LogP contribution in [0.1, 0.15) is 31.7 Å². The molecule has 7 nitrogen and oxygen atoms in total. The van der Waals surface area contributed by atoms with Crippen LogP contribution in [0, 0.1) is 5.92 Å². The molecular formula is C16H19N5O2. The maximum atomic E-state index is 12.6. The SMILES string of the molecule is O=C(C1CC1)N1CCC[C@H](n2nnn(-c3ccccc3)c2=O)C1. The molecule has 2 fully saturated rings. The number of piperidine rings is 1. The number of carbonyl (C=O) groups excluding carboxylic acids is 1. The predicted molar refractivity (Wildman–Crippen MR) is 83.2 cm³/mol. The van der Waals surface area contributed by atoms with Crippen LogP contribution in [0.25, 0.3) is 5.69 Å². The summed E-state index contributed by atoms with van der Waals surface area (Å²) in [5.74, 6) is 0.448. The summed E-state index contributed by atoms with van der Waals surface area (Å²) in [4.78, 5) is 26.7. The average Bonchev–Trinajstić information content (AvgIpc) is 3.37. The third kappa shape index (κ3) is 2.67. The third-order valence-electron chi connectivity index (χ3n) is 4.58. The molecule has 2 aliphatic rings. The Balaban J connectivity index is 1.57. The molecule has 23 heavy (non-hydrogen) atoms. The number of amides is 1. The molecule has 1 saturated heterocycles. The average molecular weight is 313 g/mol. The Morgan fingerprint density at radius 2 is 1.87 bits per heavy atom. The van der Waals surface area contributed by atoms with E-state index in [9.17, 15) is 9.59 Å². The Bertz CT molecular complexity index is 762. The lowest BCUT2D eigenvalue weighted by molar-refractivity contribution is -0.134. The van der Waals surface area contributed by atoms with Crippen molar-refractivity contribution in [3.8, 4) is 5.69 Å². The molecule has 2 aromatic rings. The van der Waals surface area contributed by atoms with Crippen LogP contribution >= 0.6 is 0 Å². The van der Waals surface area contributed by atoms with E-state index in [1.54, 1.807) is 0 Å². The van der Waals surface area contributed by atoms with Crippen molar-refractivity contribution in [2.75, 3.05) is 13.1 Å². The first-order valence-electron chi connectivity index (χ1n) is 8.13. The Hall–Kier alpha value is -2.44. The first-order valence-corrected chi connectivity index (χ1v) is 8.13. The van der Waals surface area contributed by atoms with Crippen molar-refractivity contribution in [2.45, 2.75) is 31.7 Å². The number of para-hydroxylation sites is 1. The van der Waals surface area contributed by atoms with Crippen molar-refractivity contribution in [1.29, 1.82) is 0 Å². The summed E-state index contributed by atoms with van der Waals surface area (Å²) in [5, 5.41) is 8.04. The molecule has 1 aromatic heterocycles. The fraction of sp³-hybridized carbons (Fsp3) is 0.500. The number of likely N-dealkylation sites (tertiary alicyclic amines) is 1. The third-order valence-corrected chi connectivity index (χ3v) is 4.58. The number of hydrogen-bond donors (Lipinski definition) is 0. The van der Waals surface area contributed by atoms with Crippen molar-refractivity contribution in [3.05, 3.63) is 40.8 Å². The minimum Gasteiger partial charge on any atom is -0.340 e. The van der Waals surface area contributed by atoms with Gasteiger partial charge < -0.3 is 4.90 Å². The molecule has 1 atom stereocenters. The van der Waals surface area contributed by atoms with Crippen LogP contribution < -0.4 is 5.69 Å². The standard InChI is InChI=1S/C16H19N5O2/c22-15(12-8-9-12)19-10-4-7-14(11-19)21-16(23)20(17-18-21)13-5-2-1-3-6-13/h1-3,5-6,12,14H,4,7-11H2/t14-/m0/s1. The lowest BCUT2D eigenvalue weighted by Crippen LogP contribution is -2.43. The Morgan fingerprint density at radius 1 is 1.09 bits per heavy atom. The van der Waals surface area contributed by atoms with Gasteiger partial charge in [-0.3, -0.25) is 4.79 Å². The van der Waals surface area contributed by atoms with Crippen LogP contribution in [-0.2, 0) is 4.79 Å². The van der Waals surface area contributed by atoms with E-state index in [0.717, 1.165) is 32.2 Å². The molecule has 1 amide bonds. The van der Waals surface area contributed by atoms with Gasteiger partial charge >= 0.3 is 5.69 Å². The molecule has 0 unspecified atom stereocenters. The monoisotopic (exact) mass is 313 g/mol. The molecule has 1 aliphatic heterocycles.